The minimum Gasteiger partial charge on any atom is -0.398 e. The van der Waals surface area contributed by atoms with Crippen LogP contribution in [0, 0.1) is 12.7 Å². The number of hydrogen-bond acceptors (Lipinski definition) is 6. The summed E-state index contributed by atoms with van der Waals surface area (Å²) in [5.41, 5.74) is -0.984. The number of Topliss-reactive ketones (excluding diaryl/α,β-unsaturated/α-hetero) is 1. The van der Waals surface area contributed by atoms with Gasteiger partial charge in [0.1, 0.15) is 5.82 Å². The number of rotatable bonds is 5. The van der Waals surface area contributed by atoms with Gasteiger partial charge in [0.05, 0.1) is 16.8 Å². The van der Waals surface area contributed by atoms with Gasteiger partial charge in [-0.25, -0.2) is 9.18 Å². The quantitative estimate of drug-likeness (QED) is 0.295. The Labute approximate surface area is 195 Å². The molecule has 1 unspecified atom stereocenters. The topological polar surface area (TPSA) is 106 Å². The maximum atomic E-state index is 14.3. The van der Waals surface area contributed by atoms with Gasteiger partial charge in [0.2, 0.25) is 11.4 Å². The number of carbonyl (C=O) groups is 1. The van der Waals surface area contributed by atoms with Gasteiger partial charge >= 0.3 is 11.8 Å². The van der Waals surface area contributed by atoms with Crippen molar-refractivity contribution in [2.45, 2.75) is 49.8 Å². The molecule has 4 rings (SSSR count). The van der Waals surface area contributed by atoms with Gasteiger partial charge in [-0.15, -0.1) is 0 Å². The minimum absolute atomic E-state index is 0.0386. The van der Waals surface area contributed by atoms with E-state index >= 15 is 0 Å². The number of fused-ring (bicyclic) bond motifs is 1. The molecular weight excluding hydrogens is 480 g/mol. The highest BCUT2D eigenvalue weighted by molar-refractivity contribution is 6.31. The summed E-state index contributed by atoms with van der Waals surface area (Å²) >= 11 is 6.18. The van der Waals surface area contributed by atoms with Crippen molar-refractivity contribution in [3.05, 3.63) is 68.4 Å². The molecule has 2 aromatic carbocycles. The van der Waals surface area contributed by atoms with Crippen LogP contribution in [0.5, 0.6) is 0 Å². The first kappa shape index (κ1) is 24.2. The Morgan fingerprint density at radius 2 is 1.94 bits per heavy atom. The molecule has 1 aliphatic rings. The number of nitrogen functional groups attached to an aromatic ring is 1. The van der Waals surface area contributed by atoms with Gasteiger partial charge in [-0.05, 0) is 55.7 Å². The van der Waals surface area contributed by atoms with Crippen LogP contribution >= 0.6 is 11.6 Å². The van der Waals surface area contributed by atoms with E-state index in [1.807, 2.05) is 0 Å². The van der Waals surface area contributed by atoms with Gasteiger partial charge in [-0.3, -0.25) is 4.79 Å². The maximum Gasteiger partial charge on any atom is 0.424 e. The van der Waals surface area contributed by atoms with Crippen LogP contribution in [-0.2, 0) is 5.41 Å². The van der Waals surface area contributed by atoms with Crippen LogP contribution in [0.2, 0.25) is 5.02 Å². The van der Waals surface area contributed by atoms with E-state index in [0.717, 1.165) is 24.3 Å². The SMILES string of the molecule is Cc1noc(=O)c2ccc(C(=O)C(O)(CC3(c4cc(F)ccc4Cl)CCC3)C(F)(F)F)c(N)c12. The van der Waals surface area contributed by atoms with E-state index in [2.05, 4.69) is 9.68 Å². The number of benzene rings is 2. The third-order valence-electron chi connectivity index (χ3n) is 6.59. The van der Waals surface area contributed by atoms with Crippen LogP contribution in [0.3, 0.4) is 0 Å². The smallest absolute Gasteiger partial charge is 0.398 e. The average Bonchev–Trinajstić information content (AvgIpc) is 2.74. The number of ketones is 1. The molecule has 1 heterocycles. The number of carbonyl (C=O) groups excluding carboxylic acids is 1. The molecule has 0 aliphatic heterocycles. The van der Waals surface area contributed by atoms with Crippen LogP contribution in [0.1, 0.15) is 47.3 Å². The van der Waals surface area contributed by atoms with Crippen LogP contribution in [0.4, 0.5) is 23.2 Å². The molecule has 3 aromatic rings. The fourth-order valence-corrected chi connectivity index (χ4v) is 4.97. The second-order valence-electron chi connectivity index (χ2n) is 8.63. The highest BCUT2D eigenvalue weighted by atomic mass is 35.5. The molecule has 180 valence electrons. The van der Waals surface area contributed by atoms with Crippen molar-refractivity contribution in [3.63, 3.8) is 0 Å². The van der Waals surface area contributed by atoms with E-state index in [1.165, 1.54) is 13.0 Å². The predicted molar refractivity (Wildman–Crippen MR) is 116 cm³/mol. The van der Waals surface area contributed by atoms with Crippen molar-refractivity contribution in [3.8, 4) is 0 Å². The van der Waals surface area contributed by atoms with Crippen molar-refractivity contribution < 1.29 is 32.0 Å². The Bertz CT molecular complexity index is 1370. The summed E-state index contributed by atoms with van der Waals surface area (Å²) in [5.74, 6) is -2.39. The molecule has 1 aliphatic carbocycles. The summed E-state index contributed by atoms with van der Waals surface area (Å²) in [6.07, 6.45) is -5.63. The normalized spacial score (nSPS) is 17.3. The lowest BCUT2D eigenvalue weighted by Gasteiger charge is -2.47. The Balaban J connectivity index is 1.86. The fraction of sp³-hybridized carbons (Fsp3) is 0.348. The summed E-state index contributed by atoms with van der Waals surface area (Å²) in [6.45, 7) is 1.40. The molecular formula is C23H19ClF4N2O4. The second kappa shape index (κ2) is 8.06. The number of halogens is 5. The monoisotopic (exact) mass is 498 g/mol. The number of aliphatic hydroxyl groups is 1. The number of nitrogens with zero attached hydrogens (tertiary/aromatic N) is 1. The number of aryl methyl sites for hydroxylation is 1. The summed E-state index contributed by atoms with van der Waals surface area (Å²) in [5, 5.41) is 14.4. The van der Waals surface area contributed by atoms with Crippen molar-refractivity contribution in [2.75, 3.05) is 5.73 Å². The van der Waals surface area contributed by atoms with Crippen LogP contribution in [0.25, 0.3) is 10.8 Å². The van der Waals surface area contributed by atoms with Gasteiger partial charge < -0.3 is 15.4 Å². The number of anilines is 1. The molecule has 1 fully saturated rings. The second-order valence-corrected chi connectivity index (χ2v) is 9.03. The van der Waals surface area contributed by atoms with Crippen LogP contribution in [0.15, 0.2) is 39.6 Å². The van der Waals surface area contributed by atoms with Gasteiger partial charge in [0, 0.05) is 27.8 Å². The molecule has 3 N–H and O–H groups in total. The Morgan fingerprint density at radius 1 is 1.26 bits per heavy atom. The number of aromatic nitrogens is 1. The molecule has 0 saturated heterocycles. The van der Waals surface area contributed by atoms with Gasteiger partial charge in [0.25, 0.3) is 0 Å². The molecule has 6 nitrogen and oxygen atoms in total. The largest absolute Gasteiger partial charge is 0.424 e. The molecule has 0 radical (unpaired) electrons. The molecule has 0 bridgehead atoms. The molecule has 1 saturated carbocycles. The van der Waals surface area contributed by atoms with Crippen molar-refractivity contribution >= 4 is 33.8 Å². The number of nitrogens with two attached hydrogens (primary N) is 1. The van der Waals surface area contributed by atoms with E-state index in [9.17, 15) is 32.3 Å². The van der Waals surface area contributed by atoms with Gasteiger partial charge in [-0.1, -0.05) is 23.2 Å². The molecule has 0 amide bonds. The van der Waals surface area contributed by atoms with Crippen LogP contribution in [-0.4, -0.2) is 27.8 Å². The minimum atomic E-state index is -5.39. The highest BCUT2D eigenvalue weighted by Crippen LogP contribution is 2.54. The zero-order chi connectivity index (χ0) is 25.1. The molecule has 0 spiro atoms. The molecule has 11 heteroatoms. The van der Waals surface area contributed by atoms with Crippen LogP contribution < -0.4 is 11.4 Å². The Morgan fingerprint density at radius 3 is 2.53 bits per heavy atom. The number of hydrogen-bond donors (Lipinski definition) is 2. The number of alkyl halides is 3. The zero-order valence-corrected chi connectivity index (χ0v) is 18.6. The Hall–Kier alpha value is -2.98. The zero-order valence-electron chi connectivity index (χ0n) is 17.8. The predicted octanol–water partition coefficient (Wildman–Crippen LogP) is 4.86. The van der Waals surface area contributed by atoms with E-state index in [-0.39, 0.29) is 39.9 Å². The van der Waals surface area contributed by atoms with Gasteiger partial charge in [0.15, 0.2) is 0 Å². The third-order valence-corrected chi connectivity index (χ3v) is 6.92. The average molecular weight is 499 g/mol. The van der Waals surface area contributed by atoms with E-state index in [4.69, 9.17) is 17.3 Å². The summed E-state index contributed by atoms with van der Waals surface area (Å²) < 4.78 is 61.5. The Kier molecular flexibility index (Phi) is 5.72. The molecule has 34 heavy (non-hydrogen) atoms. The molecule has 1 aromatic heterocycles. The summed E-state index contributed by atoms with van der Waals surface area (Å²) in [7, 11) is 0. The van der Waals surface area contributed by atoms with Crippen molar-refractivity contribution in [1.82, 2.24) is 5.16 Å². The van der Waals surface area contributed by atoms with E-state index < -0.39 is 52.1 Å². The first-order chi connectivity index (χ1) is 15.8. The fourth-order valence-electron chi connectivity index (χ4n) is 4.65. The summed E-state index contributed by atoms with van der Waals surface area (Å²) in [4.78, 5) is 25.2. The maximum absolute atomic E-state index is 14.3. The van der Waals surface area contributed by atoms with Gasteiger partial charge in [-0.2, -0.15) is 13.2 Å². The van der Waals surface area contributed by atoms with E-state index in [1.54, 1.807) is 0 Å². The van der Waals surface area contributed by atoms with Crippen molar-refractivity contribution in [2.24, 2.45) is 0 Å². The lowest BCUT2D eigenvalue weighted by atomic mass is 9.58. The standard InChI is InChI=1S/C23H19ClF4N2O4/c1-11-17-13(20(32)34-30-11)4-5-14(18(17)29)19(31)22(33,23(26,27)28)10-21(7-2-8-21)15-9-12(25)3-6-16(15)24/h3-6,9,33H,2,7-8,10,29H2,1H3. The highest BCUT2D eigenvalue weighted by Gasteiger charge is 2.63. The third kappa shape index (κ3) is 3.65. The first-order valence-corrected chi connectivity index (χ1v) is 10.7. The first-order valence-electron chi connectivity index (χ1n) is 10.3. The summed E-state index contributed by atoms with van der Waals surface area (Å²) in [6, 6.07) is 5.36. The molecule has 1 atom stereocenters. The lowest BCUT2D eigenvalue weighted by molar-refractivity contribution is -0.245. The lowest BCUT2D eigenvalue weighted by Crippen LogP contribution is -2.57. The van der Waals surface area contributed by atoms with E-state index in [0.29, 0.717) is 6.42 Å². The van der Waals surface area contributed by atoms with Crippen molar-refractivity contribution in [1.29, 1.82) is 0 Å².